The number of piperidine rings is 1. The van der Waals surface area contributed by atoms with Crippen molar-refractivity contribution in [2.24, 2.45) is 5.73 Å². The molecule has 19 heavy (non-hydrogen) atoms. The molecule has 1 fully saturated rings. The largest absolute Gasteiger partial charge is 0.354 e. The normalized spacial score (nSPS) is 19.3. The molecule has 0 spiro atoms. The van der Waals surface area contributed by atoms with Gasteiger partial charge in [0.05, 0.1) is 11.6 Å². The molecule has 6 heteroatoms. The molecule has 2 heterocycles. The lowest BCUT2D eigenvalue weighted by atomic mass is 10.1. The summed E-state index contributed by atoms with van der Waals surface area (Å²) in [5.74, 6) is 0.373. The van der Waals surface area contributed by atoms with E-state index in [1.807, 2.05) is 5.38 Å². The first kappa shape index (κ1) is 14.4. The lowest BCUT2D eigenvalue weighted by molar-refractivity contribution is -0.122. The van der Waals surface area contributed by atoms with Gasteiger partial charge in [0.1, 0.15) is 0 Å². The predicted molar refractivity (Wildman–Crippen MR) is 77.2 cm³/mol. The van der Waals surface area contributed by atoms with Gasteiger partial charge in [-0.2, -0.15) is 0 Å². The molecule has 1 unspecified atom stereocenters. The maximum absolute atomic E-state index is 11.9. The standard InChI is InChI=1S/C13H22N4OS/c1-10(13-15-4-7-19-13)8-16-12(18)9-17-5-2-11(14)3-6-17/h4,7,10-11H,2-3,5-6,8-9,14H2,1H3,(H,16,18). The Morgan fingerprint density at radius 3 is 3.00 bits per heavy atom. The second kappa shape index (κ2) is 6.98. The minimum atomic E-state index is 0.0962. The van der Waals surface area contributed by atoms with E-state index in [-0.39, 0.29) is 11.8 Å². The molecule has 1 aliphatic rings. The Bertz CT molecular complexity index is 387. The summed E-state index contributed by atoms with van der Waals surface area (Å²) >= 11 is 1.63. The molecule has 1 aromatic rings. The Hall–Kier alpha value is -0.980. The van der Waals surface area contributed by atoms with Gasteiger partial charge in [0.15, 0.2) is 0 Å². The molecule has 0 saturated carbocycles. The molecule has 0 radical (unpaired) electrons. The summed E-state index contributed by atoms with van der Waals surface area (Å²) in [4.78, 5) is 18.3. The summed E-state index contributed by atoms with van der Waals surface area (Å²) in [6.07, 6.45) is 3.78. The molecular weight excluding hydrogens is 260 g/mol. The van der Waals surface area contributed by atoms with Crippen LogP contribution < -0.4 is 11.1 Å². The highest BCUT2D eigenvalue weighted by molar-refractivity contribution is 7.09. The maximum Gasteiger partial charge on any atom is 0.234 e. The number of likely N-dealkylation sites (tertiary alicyclic amines) is 1. The van der Waals surface area contributed by atoms with E-state index in [2.05, 4.69) is 22.1 Å². The molecule has 0 bridgehead atoms. The van der Waals surface area contributed by atoms with Gasteiger partial charge in [-0.25, -0.2) is 4.98 Å². The second-order valence-electron chi connectivity index (χ2n) is 5.19. The third kappa shape index (κ3) is 4.56. The average Bonchev–Trinajstić information content (AvgIpc) is 2.93. The van der Waals surface area contributed by atoms with Gasteiger partial charge in [0, 0.05) is 43.2 Å². The molecule has 1 atom stereocenters. The van der Waals surface area contributed by atoms with Crippen LogP contribution in [0.2, 0.25) is 0 Å². The topological polar surface area (TPSA) is 71.2 Å². The Labute approximate surface area is 118 Å². The number of carbonyl (C=O) groups excluding carboxylic acids is 1. The maximum atomic E-state index is 11.9. The van der Waals surface area contributed by atoms with E-state index >= 15 is 0 Å². The van der Waals surface area contributed by atoms with E-state index in [0.717, 1.165) is 30.9 Å². The summed E-state index contributed by atoms with van der Waals surface area (Å²) < 4.78 is 0. The molecule has 5 nitrogen and oxygen atoms in total. The molecule has 1 aliphatic heterocycles. The number of aromatic nitrogens is 1. The van der Waals surface area contributed by atoms with Crippen LogP contribution in [0.5, 0.6) is 0 Å². The molecule has 2 rings (SSSR count). The molecule has 0 aromatic carbocycles. The van der Waals surface area contributed by atoms with Crippen LogP contribution in [0.4, 0.5) is 0 Å². The van der Waals surface area contributed by atoms with Crippen molar-refractivity contribution in [1.29, 1.82) is 0 Å². The van der Waals surface area contributed by atoms with Crippen molar-refractivity contribution in [3.63, 3.8) is 0 Å². The number of rotatable bonds is 5. The van der Waals surface area contributed by atoms with Crippen LogP contribution in [0.25, 0.3) is 0 Å². The van der Waals surface area contributed by atoms with E-state index in [4.69, 9.17) is 5.73 Å². The number of hydrogen-bond acceptors (Lipinski definition) is 5. The zero-order chi connectivity index (χ0) is 13.7. The molecule has 1 amide bonds. The summed E-state index contributed by atoms with van der Waals surface area (Å²) in [5.41, 5.74) is 5.85. The third-order valence-corrected chi connectivity index (χ3v) is 4.48. The fourth-order valence-electron chi connectivity index (χ4n) is 2.20. The van der Waals surface area contributed by atoms with E-state index in [0.29, 0.717) is 19.1 Å². The van der Waals surface area contributed by atoms with Gasteiger partial charge in [-0.3, -0.25) is 9.69 Å². The zero-order valence-electron chi connectivity index (χ0n) is 11.3. The van der Waals surface area contributed by atoms with E-state index in [1.54, 1.807) is 17.5 Å². The third-order valence-electron chi connectivity index (χ3n) is 3.48. The molecule has 3 N–H and O–H groups in total. The highest BCUT2D eigenvalue weighted by atomic mass is 32.1. The fourth-order valence-corrected chi connectivity index (χ4v) is 2.90. The summed E-state index contributed by atoms with van der Waals surface area (Å²) in [6.45, 7) is 5.07. The minimum Gasteiger partial charge on any atom is -0.354 e. The monoisotopic (exact) mass is 282 g/mol. The predicted octanol–water partition coefficient (Wildman–Crippen LogP) is 0.786. The van der Waals surface area contributed by atoms with Crippen molar-refractivity contribution >= 4 is 17.2 Å². The van der Waals surface area contributed by atoms with Crippen LogP contribution in [0.1, 0.15) is 30.7 Å². The minimum absolute atomic E-state index is 0.0962. The number of nitrogens with one attached hydrogen (secondary N) is 1. The number of nitrogens with zero attached hydrogens (tertiary/aromatic N) is 2. The summed E-state index contributed by atoms with van der Waals surface area (Å²) in [6, 6.07) is 0.309. The lowest BCUT2D eigenvalue weighted by Gasteiger charge is -2.29. The van der Waals surface area contributed by atoms with Crippen LogP contribution >= 0.6 is 11.3 Å². The summed E-state index contributed by atoms with van der Waals surface area (Å²) in [7, 11) is 0. The second-order valence-corrected chi connectivity index (χ2v) is 6.12. The van der Waals surface area contributed by atoms with Crippen molar-refractivity contribution in [3.8, 4) is 0 Å². The van der Waals surface area contributed by atoms with Crippen LogP contribution in [-0.2, 0) is 4.79 Å². The van der Waals surface area contributed by atoms with Gasteiger partial charge in [0.2, 0.25) is 5.91 Å². The first-order chi connectivity index (χ1) is 9.15. The smallest absolute Gasteiger partial charge is 0.234 e. The molecule has 1 aromatic heterocycles. The first-order valence-electron chi connectivity index (χ1n) is 6.79. The van der Waals surface area contributed by atoms with Gasteiger partial charge >= 0.3 is 0 Å². The van der Waals surface area contributed by atoms with Gasteiger partial charge in [-0.15, -0.1) is 11.3 Å². The van der Waals surface area contributed by atoms with Crippen molar-refractivity contribution in [3.05, 3.63) is 16.6 Å². The summed E-state index contributed by atoms with van der Waals surface area (Å²) in [5, 5.41) is 6.02. The number of nitrogens with two attached hydrogens (primary N) is 1. The van der Waals surface area contributed by atoms with E-state index < -0.39 is 0 Å². The zero-order valence-corrected chi connectivity index (χ0v) is 12.2. The van der Waals surface area contributed by atoms with Crippen molar-refractivity contribution in [2.45, 2.75) is 31.7 Å². The number of thiazole rings is 1. The van der Waals surface area contributed by atoms with Crippen LogP contribution in [0, 0.1) is 0 Å². The Kier molecular flexibility index (Phi) is 5.30. The van der Waals surface area contributed by atoms with Gasteiger partial charge in [-0.1, -0.05) is 6.92 Å². The highest BCUT2D eigenvalue weighted by Crippen LogP contribution is 2.16. The highest BCUT2D eigenvalue weighted by Gasteiger charge is 2.18. The fraction of sp³-hybridized carbons (Fsp3) is 0.692. The molecule has 0 aliphatic carbocycles. The average molecular weight is 282 g/mol. The van der Waals surface area contributed by atoms with Crippen molar-refractivity contribution in [1.82, 2.24) is 15.2 Å². The van der Waals surface area contributed by atoms with Crippen LogP contribution in [-0.4, -0.2) is 48.0 Å². The quantitative estimate of drug-likeness (QED) is 0.837. The Morgan fingerprint density at radius 1 is 1.63 bits per heavy atom. The van der Waals surface area contributed by atoms with Crippen LogP contribution in [0.15, 0.2) is 11.6 Å². The molecule has 106 valence electrons. The van der Waals surface area contributed by atoms with Crippen molar-refractivity contribution in [2.75, 3.05) is 26.2 Å². The SMILES string of the molecule is CC(CNC(=O)CN1CCC(N)CC1)c1nccs1. The molecule has 1 saturated heterocycles. The van der Waals surface area contributed by atoms with Crippen molar-refractivity contribution < 1.29 is 4.79 Å². The Morgan fingerprint density at radius 2 is 2.37 bits per heavy atom. The van der Waals surface area contributed by atoms with Gasteiger partial charge < -0.3 is 11.1 Å². The van der Waals surface area contributed by atoms with E-state index in [1.165, 1.54) is 0 Å². The number of amides is 1. The number of carbonyl (C=O) groups is 1. The van der Waals surface area contributed by atoms with Crippen LogP contribution in [0.3, 0.4) is 0 Å². The van der Waals surface area contributed by atoms with E-state index in [9.17, 15) is 4.79 Å². The van der Waals surface area contributed by atoms with Gasteiger partial charge in [-0.05, 0) is 12.8 Å². The molecular formula is C13H22N4OS. The lowest BCUT2D eigenvalue weighted by Crippen LogP contribution is -2.45. The number of hydrogen-bond donors (Lipinski definition) is 2. The first-order valence-corrected chi connectivity index (χ1v) is 7.67. The van der Waals surface area contributed by atoms with Gasteiger partial charge in [0.25, 0.3) is 0 Å². The Balaban J connectivity index is 1.67.